The SMILES string of the molecule is COC(=O)CCC(=O)N1C/C=C\C(=O)[C@H](OC)[C@@H](OC)C1. The number of ketones is 1. The second-order valence-electron chi connectivity index (χ2n) is 4.61. The van der Waals surface area contributed by atoms with E-state index in [-0.39, 0.29) is 31.1 Å². The van der Waals surface area contributed by atoms with Gasteiger partial charge >= 0.3 is 5.97 Å². The first-order valence-corrected chi connectivity index (χ1v) is 6.64. The number of hydrogen-bond donors (Lipinski definition) is 0. The largest absolute Gasteiger partial charge is 0.469 e. The molecule has 1 rings (SSSR count). The summed E-state index contributed by atoms with van der Waals surface area (Å²) in [4.78, 5) is 36.6. The molecule has 0 radical (unpaired) electrons. The zero-order chi connectivity index (χ0) is 15.8. The predicted octanol–water partition coefficient (Wildman–Crippen LogP) is -0.0629. The first kappa shape index (κ1) is 17.3. The van der Waals surface area contributed by atoms with E-state index < -0.39 is 18.2 Å². The van der Waals surface area contributed by atoms with Crippen LogP contribution in [0.15, 0.2) is 12.2 Å². The van der Waals surface area contributed by atoms with Gasteiger partial charge in [-0.25, -0.2) is 0 Å². The van der Waals surface area contributed by atoms with Crippen LogP contribution in [0.25, 0.3) is 0 Å². The molecule has 0 saturated carbocycles. The molecule has 1 aliphatic rings. The molecule has 0 bridgehead atoms. The molecule has 0 spiro atoms. The Morgan fingerprint density at radius 3 is 2.52 bits per heavy atom. The summed E-state index contributed by atoms with van der Waals surface area (Å²) in [6.45, 7) is 0.521. The zero-order valence-corrected chi connectivity index (χ0v) is 12.5. The highest BCUT2D eigenvalue weighted by molar-refractivity contribution is 5.94. The Labute approximate surface area is 123 Å². The van der Waals surface area contributed by atoms with E-state index in [1.165, 1.54) is 32.3 Å². The third-order valence-corrected chi connectivity index (χ3v) is 3.31. The summed E-state index contributed by atoms with van der Waals surface area (Å²) in [5.74, 6) is -0.818. The summed E-state index contributed by atoms with van der Waals surface area (Å²) in [6, 6.07) is 0. The molecular weight excluding hydrogens is 278 g/mol. The Kier molecular flexibility index (Phi) is 7.04. The quantitative estimate of drug-likeness (QED) is 0.661. The van der Waals surface area contributed by atoms with E-state index >= 15 is 0 Å². The summed E-state index contributed by atoms with van der Waals surface area (Å²) in [6.07, 6.45) is 1.79. The van der Waals surface area contributed by atoms with Crippen molar-refractivity contribution in [3.8, 4) is 0 Å². The van der Waals surface area contributed by atoms with Crippen molar-refractivity contribution in [2.24, 2.45) is 0 Å². The van der Waals surface area contributed by atoms with Crippen molar-refractivity contribution in [3.63, 3.8) is 0 Å². The van der Waals surface area contributed by atoms with Crippen LogP contribution in [0.5, 0.6) is 0 Å². The minimum Gasteiger partial charge on any atom is -0.469 e. The first-order valence-electron chi connectivity index (χ1n) is 6.64. The molecule has 7 nitrogen and oxygen atoms in total. The van der Waals surface area contributed by atoms with Crippen LogP contribution in [0.3, 0.4) is 0 Å². The van der Waals surface area contributed by atoms with Gasteiger partial charge in [0.2, 0.25) is 5.91 Å². The Morgan fingerprint density at radius 1 is 1.24 bits per heavy atom. The molecule has 118 valence electrons. The summed E-state index contributed by atoms with van der Waals surface area (Å²) in [5, 5.41) is 0. The lowest BCUT2D eigenvalue weighted by molar-refractivity contribution is -0.145. The van der Waals surface area contributed by atoms with Gasteiger partial charge in [0.1, 0.15) is 12.2 Å². The van der Waals surface area contributed by atoms with Crippen molar-refractivity contribution < 1.29 is 28.6 Å². The zero-order valence-electron chi connectivity index (χ0n) is 12.5. The average molecular weight is 299 g/mol. The fourth-order valence-electron chi connectivity index (χ4n) is 2.10. The second-order valence-corrected chi connectivity index (χ2v) is 4.61. The van der Waals surface area contributed by atoms with Gasteiger partial charge in [0.15, 0.2) is 5.78 Å². The summed E-state index contributed by atoms with van der Waals surface area (Å²) >= 11 is 0. The van der Waals surface area contributed by atoms with Gasteiger partial charge in [0.05, 0.1) is 20.1 Å². The van der Waals surface area contributed by atoms with E-state index in [1.54, 1.807) is 6.08 Å². The molecule has 21 heavy (non-hydrogen) atoms. The Morgan fingerprint density at radius 2 is 1.95 bits per heavy atom. The molecule has 0 aromatic rings. The lowest BCUT2D eigenvalue weighted by Gasteiger charge is -2.31. The maximum Gasteiger partial charge on any atom is 0.306 e. The molecule has 0 aromatic carbocycles. The third kappa shape index (κ3) is 4.95. The highest BCUT2D eigenvalue weighted by atomic mass is 16.5. The molecule has 0 N–H and O–H groups in total. The van der Waals surface area contributed by atoms with E-state index in [0.717, 1.165) is 0 Å². The predicted molar refractivity (Wildman–Crippen MR) is 73.6 cm³/mol. The fourth-order valence-corrected chi connectivity index (χ4v) is 2.10. The van der Waals surface area contributed by atoms with Crippen LogP contribution in [-0.4, -0.2) is 69.2 Å². The molecule has 0 aliphatic carbocycles. The molecule has 0 unspecified atom stereocenters. The Hall–Kier alpha value is -1.73. The molecule has 1 amide bonds. The van der Waals surface area contributed by atoms with Crippen LogP contribution in [0.1, 0.15) is 12.8 Å². The highest BCUT2D eigenvalue weighted by Crippen LogP contribution is 2.12. The minimum atomic E-state index is -0.748. The number of carbonyl (C=O) groups excluding carboxylic acids is 3. The van der Waals surface area contributed by atoms with E-state index in [0.29, 0.717) is 6.54 Å². The van der Waals surface area contributed by atoms with Crippen LogP contribution in [0.4, 0.5) is 0 Å². The summed E-state index contributed by atoms with van der Waals surface area (Å²) < 4.78 is 14.9. The van der Waals surface area contributed by atoms with Crippen molar-refractivity contribution in [1.29, 1.82) is 0 Å². The topological polar surface area (TPSA) is 82.1 Å². The maximum absolute atomic E-state index is 12.1. The number of hydrogen-bond acceptors (Lipinski definition) is 6. The van der Waals surface area contributed by atoms with E-state index in [2.05, 4.69) is 4.74 Å². The van der Waals surface area contributed by atoms with Gasteiger partial charge in [0, 0.05) is 27.2 Å². The molecular formula is C14H21NO6. The normalized spacial score (nSPS) is 24.1. The Bertz CT molecular complexity index is 420. The Balaban J connectivity index is 2.74. The molecule has 0 fully saturated rings. The molecule has 7 heteroatoms. The van der Waals surface area contributed by atoms with Crippen molar-refractivity contribution in [2.75, 3.05) is 34.4 Å². The maximum atomic E-state index is 12.1. The molecule has 1 heterocycles. The lowest BCUT2D eigenvalue weighted by Crippen LogP contribution is -2.48. The number of methoxy groups -OCH3 is 3. The van der Waals surface area contributed by atoms with Gasteiger partial charge in [-0.2, -0.15) is 0 Å². The van der Waals surface area contributed by atoms with Crippen LogP contribution in [0, 0.1) is 0 Å². The summed E-state index contributed by atoms with van der Waals surface area (Å²) in [7, 11) is 4.17. The first-order chi connectivity index (χ1) is 10.0. The number of ether oxygens (including phenoxy) is 3. The van der Waals surface area contributed by atoms with E-state index in [1.807, 2.05) is 0 Å². The second kappa shape index (κ2) is 8.53. The van der Waals surface area contributed by atoms with Gasteiger partial charge in [-0.3, -0.25) is 14.4 Å². The lowest BCUT2D eigenvalue weighted by atomic mass is 10.1. The van der Waals surface area contributed by atoms with E-state index in [9.17, 15) is 14.4 Å². The van der Waals surface area contributed by atoms with Gasteiger partial charge < -0.3 is 19.1 Å². The van der Waals surface area contributed by atoms with Crippen LogP contribution in [-0.2, 0) is 28.6 Å². The number of carbonyl (C=O) groups is 3. The fraction of sp³-hybridized carbons (Fsp3) is 0.643. The van der Waals surface area contributed by atoms with Gasteiger partial charge in [-0.05, 0) is 6.08 Å². The van der Waals surface area contributed by atoms with Crippen molar-refractivity contribution in [3.05, 3.63) is 12.2 Å². The number of nitrogens with zero attached hydrogens (tertiary/aromatic N) is 1. The highest BCUT2D eigenvalue weighted by Gasteiger charge is 2.31. The van der Waals surface area contributed by atoms with Crippen LogP contribution >= 0.6 is 0 Å². The van der Waals surface area contributed by atoms with Crippen molar-refractivity contribution >= 4 is 17.7 Å². The average Bonchev–Trinajstić information content (AvgIpc) is 2.48. The molecule has 2 atom stereocenters. The van der Waals surface area contributed by atoms with Gasteiger partial charge in [-0.15, -0.1) is 0 Å². The van der Waals surface area contributed by atoms with Gasteiger partial charge in [-0.1, -0.05) is 6.08 Å². The van der Waals surface area contributed by atoms with E-state index in [4.69, 9.17) is 9.47 Å². The summed E-state index contributed by atoms with van der Waals surface area (Å²) in [5.41, 5.74) is 0. The molecule has 0 saturated heterocycles. The smallest absolute Gasteiger partial charge is 0.306 e. The molecule has 0 aromatic heterocycles. The number of rotatable bonds is 5. The minimum absolute atomic E-state index is 0.0276. The monoisotopic (exact) mass is 299 g/mol. The number of amides is 1. The van der Waals surface area contributed by atoms with Crippen LogP contribution in [0.2, 0.25) is 0 Å². The van der Waals surface area contributed by atoms with Gasteiger partial charge in [0.25, 0.3) is 0 Å². The standard InChI is InChI=1S/C14H21NO6/c1-19-11-9-15(12(17)6-7-13(18)20-2)8-4-5-10(16)14(11)21-3/h4-5,11,14H,6-9H2,1-3H3/b5-4-/t11-,14-/m0/s1. The van der Waals surface area contributed by atoms with Crippen LogP contribution < -0.4 is 0 Å². The third-order valence-electron chi connectivity index (χ3n) is 3.31. The van der Waals surface area contributed by atoms with Crippen molar-refractivity contribution in [1.82, 2.24) is 4.90 Å². The molecule has 1 aliphatic heterocycles. The number of esters is 1. The van der Waals surface area contributed by atoms with Crippen molar-refractivity contribution in [2.45, 2.75) is 25.0 Å².